The SMILES string of the molecule is [CH2]C/C=C/CC. The highest BCUT2D eigenvalue weighted by molar-refractivity contribution is 4.80. The van der Waals surface area contributed by atoms with Crippen LogP contribution in [0, 0.1) is 6.92 Å². The van der Waals surface area contributed by atoms with Crippen LogP contribution in [0.1, 0.15) is 19.8 Å². The van der Waals surface area contributed by atoms with Crippen LogP contribution in [0.25, 0.3) is 0 Å². The predicted molar refractivity (Wildman–Crippen MR) is 29.4 cm³/mol. The van der Waals surface area contributed by atoms with Gasteiger partial charge < -0.3 is 0 Å². The van der Waals surface area contributed by atoms with E-state index in [2.05, 4.69) is 26.0 Å². The molecular weight excluding hydrogens is 72.1 g/mol. The molecule has 0 aliphatic heterocycles. The van der Waals surface area contributed by atoms with Gasteiger partial charge in [-0.2, -0.15) is 0 Å². The Balaban J connectivity index is 2.73. The Morgan fingerprint density at radius 2 is 2.17 bits per heavy atom. The van der Waals surface area contributed by atoms with E-state index in [4.69, 9.17) is 0 Å². The first-order chi connectivity index (χ1) is 2.91. The normalized spacial score (nSPS) is 10.3. The van der Waals surface area contributed by atoms with Crippen LogP contribution >= 0.6 is 0 Å². The summed E-state index contributed by atoms with van der Waals surface area (Å²) in [6.07, 6.45) is 6.25. The van der Waals surface area contributed by atoms with Crippen molar-refractivity contribution in [1.82, 2.24) is 0 Å². The highest BCUT2D eigenvalue weighted by Gasteiger charge is 1.60. The molecule has 0 unspecified atom stereocenters. The third-order valence-corrected chi connectivity index (χ3v) is 0.569. The highest BCUT2D eigenvalue weighted by atomic mass is 13.7. The van der Waals surface area contributed by atoms with E-state index in [1.807, 2.05) is 0 Å². The van der Waals surface area contributed by atoms with Crippen LogP contribution in [0.3, 0.4) is 0 Å². The van der Waals surface area contributed by atoms with Gasteiger partial charge in [-0.1, -0.05) is 19.1 Å². The van der Waals surface area contributed by atoms with Gasteiger partial charge in [-0.25, -0.2) is 0 Å². The minimum Gasteiger partial charge on any atom is -0.0888 e. The fourth-order valence-corrected chi connectivity index (χ4v) is 0.285. The van der Waals surface area contributed by atoms with Crippen molar-refractivity contribution in [3.63, 3.8) is 0 Å². The Morgan fingerprint density at radius 1 is 1.50 bits per heavy atom. The standard InChI is InChI=1S/C6H11/c1-3-5-6-4-2/h5-6H,1,3-4H2,2H3/b6-5+. The van der Waals surface area contributed by atoms with Gasteiger partial charge >= 0.3 is 0 Å². The second-order valence-corrected chi connectivity index (χ2v) is 1.17. The van der Waals surface area contributed by atoms with Crippen molar-refractivity contribution in [2.45, 2.75) is 19.8 Å². The maximum atomic E-state index is 3.64. The molecule has 0 heterocycles. The molecule has 0 saturated heterocycles. The average molecular weight is 83.2 g/mol. The van der Waals surface area contributed by atoms with Crippen molar-refractivity contribution in [2.75, 3.05) is 0 Å². The van der Waals surface area contributed by atoms with Gasteiger partial charge in [0.15, 0.2) is 0 Å². The molecule has 0 aromatic heterocycles. The van der Waals surface area contributed by atoms with E-state index in [0.717, 1.165) is 12.8 Å². The van der Waals surface area contributed by atoms with Crippen LogP contribution in [-0.4, -0.2) is 0 Å². The van der Waals surface area contributed by atoms with Crippen LogP contribution in [-0.2, 0) is 0 Å². The molecule has 0 spiro atoms. The first-order valence-electron chi connectivity index (χ1n) is 2.36. The first kappa shape index (κ1) is 5.74. The van der Waals surface area contributed by atoms with Crippen molar-refractivity contribution in [3.8, 4) is 0 Å². The number of hydrogen-bond acceptors (Lipinski definition) is 0. The van der Waals surface area contributed by atoms with E-state index < -0.39 is 0 Å². The molecule has 0 aromatic rings. The molecule has 0 bridgehead atoms. The summed E-state index contributed by atoms with van der Waals surface area (Å²) in [4.78, 5) is 0. The first-order valence-corrected chi connectivity index (χ1v) is 2.36. The highest BCUT2D eigenvalue weighted by Crippen LogP contribution is 1.80. The van der Waals surface area contributed by atoms with Crippen molar-refractivity contribution < 1.29 is 0 Å². The Morgan fingerprint density at radius 3 is 2.33 bits per heavy atom. The molecule has 0 heteroatoms. The molecule has 0 fully saturated rings. The summed E-state index contributed by atoms with van der Waals surface area (Å²) >= 11 is 0. The van der Waals surface area contributed by atoms with Crippen molar-refractivity contribution in [3.05, 3.63) is 19.1 Å². The lowest BCUT2D eigenvalue weighted by Crippen LogP contribution is -1.51. The second kappa shape index (κ2) is 4.74. The fraction of sp³-hybridized carbons (Fsp3) is 0.500. The van der Waals surface area contributed by atoms with Gasteiger partial charge in [-0.15, -0.1) is 0 Å². The van der Waals surface area contributed by atoms with E-state index >= 15 is 0 Å². The number of rotatable bonds is 2. The summed E-state index contributed by atoms with van der Waals surface area (Å²) in [6.45, 7) is 5.75. The zero-order valence-electron chi connectivity index (χ0n) is 4.28. The molecule has 0 saturated carbocycles. The third kappa shape index (κ3) is 3.74. The van der Waals surface area contributed by atoms with E-state index in [-0.39, 0.29) is 0 Å². The van der Waals surface area contributed by atoms with Crippen LogP contribution in [0.15, 0.2) is 12.2 Å². The summed E-state index contributed by atoms with van der Waals surface area (Å²) in [6, 6.07) is 0. The fourth-order valence-electron chi connectivity index (χ4n) is 0.285. The van der Waals surface area contributed by atoms with E-state index in [1.165, 1.54) is 0 Å². The maximum Gasteiger partial charge on any atom is -0.0351 e. The van der Waals surface area contributed by atoms with Crippen molar-refractivity contribution in [2.24, 2.45) is 0 Å². The molecule has 0 N–H and O–H groups in total. The Labute approximate surface area is 39.9 Å². The molecule has 0 aliphatic rings. The molecule has 0 aliphatic carbocycles. The van der Waals surface area contributed by atoms with E-state index in [0.29, 0.717) is 0 Å². The topological polar surface area (TPSA) is 0 Å². The van der Waals surface area contributed by atoms with Gasteiger partial charge in [0.1, 0.15) is 0 Å². The summed E-state index contributed by atoms with van der Waals surface area (Å²) in [5, 5.41) is 0. The van der Waals surface area contributed by atoms with Gasteiger partial charge in [0.25, 0.3) is 0 Å². The minimum atomic E-state index is 0.924. The second-order valence-electron chi connectivity index (χ2n) is 1.17. The van der Waals surface area contributed by atoms with E-state index in [1.54, 1.807) is 0 Å². The van der Waals surface area contributed by atoms with Crippen molar-refractivity contribution >= 4 is 0 Å². The van der Waals surface area contributed by atoms with Gasteiger partial charge in [-0.3, -0.25) is 0 Å². The molecule has 1 radical (unpaired) electrons. The molecule has 0 amide bonds. The van der Waals surface area contributed by atoms with Crippen LogP contribution in [0.4, 0.5) is 0 Å². The Kier molecular flexibility index (Phi) is 4.53. The minimum absolute atomic E-state index is 0.924. The summed E-state index contributed by atoms with van der Waals surface area (Å²) < 4.78 is 0. The van der Waals surface area contributed by atoms with Crippen LogP contribution < -0.4 is 0 Å². The zero-order chi connectivity index (χ0) is 4.83. The third-order valence-electron chi connectivity index (χ3n) is 0.569. The number of allylic oxidation sites excluding steroid dienone is 2. The van der Waals surface area contributed by atoms with Gasteiger partial charge in [-0.05, 0) is 19.8 Å². The maximum absolute atomic E-state index is 3.64. The lowest BCUT2D eigenvalue weighted by Gasteiger charge is -1.72. The summed E-state index contributed by atoms with van der Waals surface area (Å²) in [5.41, 5.74) is 0. The molecule has 0 rings (SSSR count). The van der Waals surface area contributed by atoms with Gasteiger partial charge in [0, 0.05) is 0 Å². The molecule has 0 nitrogen and oxygen atoms in total. The molecule has 35 valence electrons. The quantitative estimate of drug-likeness (QED) is 0.449. The van der Waals surface area contributed by atoms with Gasteiger partial charge in [0.05, 0.1) is 0 Å². The lowest BCUT2D eigenvalue weighted by molar-refractivity contribution is 1.20. The molecule has 0 atom stereocenters. The summed E-state index contributed by atoms with van der Waals surface area (Å²) in [5.74, 6) is 0. The number of hydrogen-bond donors (Lipinski definition) is 0. The monoisotopic (exact) mass is 83.1 g/mol. The predicted octanol–water partition coefficient (Wildman–Crippen LogP) is 2.18. The zero-order valence-corrected chi connectivity index (χ0v) is 4.28. The molecule has 0 aromatic carbocycles. The summed E-state index contributed by atoms with van der Waals surface area (Å²) in [7, 11) is 0. The lowest BCUT2D eigenvalue weighted by atomic mass is 10.4. The smallest absolute Gasteiger partial charge is 0.0351 e. The Bertz CT molecular complexity index is 29.3. The Hall–Kier alpha value is -0.260. The van der Waals surface area contributed by atoms with Gasteiger partial charge in [0.2, 0.25) is 0 Å². The van der Waals surface area contributed by atoms with Crippen LogP contribution in [0.2, 0.25) is 0 Å². The molecular formula is C6H11. The van der Waals surface area contributed by atoms with E-state index in [9.17, 15) is 0 Å². The van der Waals surface area contributed by atoms with Crippen LogP contribution in [0.5, 0.6) is 0 Å². The largest absolute Gasteiger partial charge is 0.0888 e. The van der Waals surface area contributed by atoms with Crippen molar-refractivity contribution in [1.29, 1.82) is 0 Å². The molecule has 6 heavy (non-hydrogen) atoms. The average Bonchev–Trinajstić information content (AvgIpc) is 1.61.